The number of imidazole rings is 1. The second-order valence-electron chi connectivity index (χ2n) is 5.72. The molecule has 0 aliphatic heterocycles. The van der Waals surface area contributed by atoms with Crippen LogP contribution >= 0.6 is 23.4 Å². The highest BCUT2D eigenvalue weighted by Crippen LogP contribution is 2.23. The first-order chi connectivity index (χ1) is 11.5. The van der Waals surface area contributed by atoms with Crippen molar-refractivity contribution in [3.05, 3.63) is 20.8 Å². The van der Waals surface area contributed by atoms with Gasteiger partial charge in [-0.2, -0.15) is 0 Å². The third-order valence-corrected chi connectivity index (χ3v) is 5.27. The number of fused-ring (bicyclic) bond motifs is 1. The highest BCUT2D eigenvalue weighted by atomic mass is 35.5. The number of aromatic nitrogens is 4. The summed E-state index contributed by atoms with van der Waals surface area (Å²) in [5, 5.41) is 10.3. The lowest BCUT2D eigenvalue weighted by Gasteiger charge is -2.09. The molecular formula is C15H23ClN4O3S. The molecule has 24 heavy (non-hydrogen) atoms. The quantitative estimate of drug-likeness (QED) is 0.396. The van der Waals surface area contributed by atoms with Gasteiger partial charge in [-0.25, -0.2) is 9.78 Å². The molecule has 2 rings (SSSR count). The maximum Gasteiger partial charge on any atom is 0.329 e. The summed E-state index contributed by atoms with van der Waals surface area (Å²) in [7, 11) is 1.58. The highest BCUT2D eigenvalue weighted by molar-refractivity contribution is 7.99. The number of rotatable bonds is 9. The second-order valence-corrected chi connectivity index (χ2v) is 7.01. The van der Waals surface area contributed by atoms with Crippen molar-refractivity contribution in [2.75, 3.05) is 11.6 Å². The van der Waals surface area contributed by atoms with Crippen LogP contribution in [0.5, 0.6) is 0 Å². The zero-order valence-electron chi connectivity index (χ0n) is 13.9. The maximum absolute atomic E-state index is 12.3. The number of halogens is 1. The summed E-state index contributed by atoms with van der Waals surface area (Å²) in [6.45, 7) is 2.79. The predicted molar refractivity (Wildman–Crippen MR) is 97.2 cm³/mol. The van der Waals surface area contributed by atoms with E-state index >= 15 is 0 Å². The van der Waals surface area contributed by atoms with E-state index in [2.05, 4.69) is 16.9 Å². The zero-order chi connectivity index (χ0) is 17.7. The number of aliphatic hydroxyl groups is 1. The smallest absolute Gasteiger partial charge is 0.329 e. The molecule has 0 amide bonds. The first-order valence-corrected chi connectivity index (χ1v) is 9.58. The van der Waals surface area contributed by atoms with Crippen molar-refractivity contribution in [3.8, 4) is 0 Å². The number of hydrogen-bond donors (Lipinski definition) is 2. The standard InChI is InChI=1S/C15H23ClN4O3S/c1-3-4-5-6-7-20-11-12(19(2)14(23)18-13(11)22)17-15(20)24-9-10(21)8-16/h10,21H,3-9H2,1-2H3,(H,18,22,23)/t10-/m0/s1. The Morgan fingerprint density at radius 2 is 2.08 bits per heavy atom. The van der Waals surface area contributed by atoms with Crippen molar-refractivity contribution in [2.24, 2.45) is 7.05 Å². The summed E-state index contributed by atoms with van der Waals surface area (Å²) in [4.78, 5) is 30.8. The Labute approximate surface area is 149 Å². The Kier molecular flexibility index (Phi) is 6.94. The molecule has 0 saturated carbocycles. The Morgan fingerprint density at radius 3 is 2.75 bits per heavy atom. The predicted octanol–water partition coefficient (Wildman–Crippen LogP) is 1.70. The monoisotopic (exact) mass is 374 g/mol. The molecule has 2 aromatic rings. The van der Waals surface area contributed by atoms with Gasteiger partial charge in [0.15, 0.2) is 16.3 Å². The fourth-order valence-electron chi connectivity index (χ4n) is 2.44. The van der Waals surface area contributed by atoms with Crippen LogP contribution in [-0.2, 0) is 13.6 Å². The van der Waals surface area contributed by atoms with E-state index in [1.807, 2.05) is 4.57 Å². The molecular weight excluding hydrogens is 352 g/mol. The van der Waals surface area contributed by atoms with E-state index in [9.17, 15) is 14.7 Å². The van der Waals surface area contributed by atoms with Gasteiger partial charge < -0.3 is 9.67 Å². The van der Waals surface area contributed by atoms with Crippen LogP contribution in [0, 0.1) is 0 Å². The van der Waals surface area contributed by atoms with Gasteiger partial charge in [-0.3, -0.25) is 14.3 Å². The first kappa shape index (κ1) is 19.1. The molecule has 0 unspecified atom stereocenters. The van der Waals surface area contributed by atoms with Gasteiger partial charge in [-0.05, 0) is 6.42 Å². The molecule has 0 saturated heterocycles. The van der Waals surface area contributed by atoms with Crippen molar-refractivity contribution >= 4 is 34.5 Å². The molecule has 9 heteroatoms. The highest BCUT2D eigenvalue weighted by Gasteiger charge is 2.18. The first-order valence-electron chi connectivity index (χ1n) is 8.06. The van der Waals surface area contributed by atoms with E-state index in [0.29, 0.717) is 28.6 Å². The normalized spacial score (nSPS) is 12.8. The number of aromatic amines is 1. The van der Waals surface area contributed by atoms with Crippen LogP contribution in [0.3, 0.4) is 0 Å². The van der Waals surface area contributed by atoms with Crippen LogP contribution in [0.1, 0.15) is 32.6 Å². The molecule has 1 atom stereocenters. The van der Waals surface area contributed by atoms with Crippen LogP contribution in [0.15, 0.2) is 14.7 Å². The van der Waals surface area contributed by atoms with Gasteiger partial charge >= 0.3 is 5.69 Å². The minimum atomic E-state index is -0.646. The molecule has 2 N–H and O–H groups in total. The van der Waals surface area contributed by atoms with Crippen LogP contribution in [0.2, 0.25) is 0 Å². The van der Waals surface area contributed by atoms with E-state index in [0.717, 1.165) is 25.7 Å². The number of thioether (sulfide) groups is 1. The molecule has 2 heterocycles. The van der Waals surface area contributed by atoms with Crippen LogP contribution < -0.4 is 11.2 Å². The van der Waals surface area contributed by atoms with E-state index in [-0.39, 0.29) is 5.88 Å². The van der Waals surface area contributed by atoms with E-state index in [1.165, 1.54) is 16.3 Å². The van der Waals surface area contributed by atoms with Gasteiger partial charge in [0.2, 0.25) is 0 Å². The number of hydrogen-bond acceptors (Lipinski definition) is 5. The third kappa shape index (κ3) is 4.23. The van der Waals surface area contributed by atoms with Crippen molar-refractivity contribution < 1.29 is 5.11 Å². The summed E-state index contributed by atoms with van der Waals surface area (Å²) < 4.78 is 3.18. The van der Waals surface area contributed by atoms with Crippen LogP contribution in [0.25, 0.3) is 11.2 Å². The summed E-state index contributed by atoms with van der Waals surface area (Å²) >= 11 is 6.98. The number of nitrogens with one attached hydrogen (secondary N) is 1. The molecule has 0 radical (unpaired) electrons. The SMILES string of the molecule is CCCCCCn1c(SC[C@@H](O)CCl)nc2c1c(=O)[nH]c(=O)n2C. The summed E-state index contributed by atoms with van der Waals surface area (Å²) in [6, 6.07) is 0. The van der Waals surface area contributed by atoms with Gasteiger partial charge in [0.1, 0.15) is 0 Å². The fourth-order valence-corrected chi connectivity index (χ4v) is 3.63. The minimum absolute atomic E-state index is 0.142. The Hall–Kier alpha value is -1.25. The summed E-state index contributed by atoms with van der Waals surface area (Å²) in [5.41, 5.74) is -0.153. The lowest BCUT2D eigenvalue weighted by molar-refractivity contribution is 0.223. The lowest BCUT2D eigenvalue weighted by atomic mass is 10.2. The van der Waals surface area contributed by atoms with Crippen LogP contribution in [-0.4, -0.2) is 41.9 Å². The molecule has 0 aromatic carbocycles. The lowest BCUT2D eigenvalue weighted by Crippen LogP contribution is -2.29. The number of alkyl halides is 1. The maximum atomic E-state index is 12.3. The molecule has 0 aliphatic rings. The van der Waals surface area contributed by atoms with E-state index in [1.54, 1.807) is 7.05 Å². The molecule has 134 valence electrons. The average Bonchev–Trinajstić information content (AvgIpc) is 2.93. The van der Waals surface area contributed by atoms with Crippen LogP contribution in [0.4, 0.5) is 0 Å². The Bertz CT molecular complexity index is 798. The largest absolute Gasteiger partial charge is 0.391 e. The van der Waals surface area contributed by atoms with Crippen molar-refractivity contribution in [2.45, 2.75) is 50.4 Å². The molecule has 0 bridgehead atoms. The second kappa shape index (κ2) is 8.73. The van der Waals surface area contributed by atoms with Gasteiger partial charge in [-0.15, -0.1) is 11.6 Å². The Morgan fingerprint density at radius 1 is 1.33 bits per heavy atom. The van der Waals surface area contributed by atoms with E-state index in [4.69, 9.17) is 11.6 Å². The van der Waals surface area contributed by atoms with Gasteiger partial charge in [-0.1, -0.05) is 37.9 Å². The topological polar surface area (TPSA) is 92.9 Å². The zero-order valence-corrected chi connectivity index (χ0v) is 15.5. The minimum Gasteiger partial charge on any atom is -0.391 e. The van der Waals surface area contributed by atoms with Crippen molar-refractivity contribution in [1.82, 2.24) is 19.1 Å². The third-order valence-electron chi connectivity index (χ3n) is 3.79. The molecule has 0 spiro atoms. The van der Waals surface area contributed by atoms with Gasteiger partial charge in [0.25, 0.3) is 5.56 Å². The molecule has 7 nitrogen and oxygen atoms in total. The van der Waals surface area contributed by atoms with Crippen molar-refractivity contribution in [1.29, 1.82) is 0 Å². The van der Waals surface area contributed by atoms with E-state index < -0.39 is 17.4 Å². The summed E-state index contributed by atoms with van der Waals surface area (Å²) in [5.74, 6) is 0.524. The molecule has 0 aliphatic carbocycles. The molecule has 0 fully saturated rings. The fraction of sp³-hybridized carbons (Fsp3) is 0.667. The summed E-state index contributed by atoms with van der Waals surface area (Å²) in [6.07, 6.45) is 3.60. The van der Waals surface area contributed by atoms with Gasteiger partial charge in [0, 0.05) is 25.2 Å². The number of aliphatic hydroxyl groups excluding tert-OH is 1. The number of aryl methyl sites for hydroxylation is 2. The Balaban J connectivity index is 2.41. The van der Waals surface area contributed by atoms with Crippen molar-refractivity contribution in [3.63, 3.8) is 0 Å². The number of H-pyrrole nitrogens is 1. The van der Waals surface area contributed by atoms with Gasteiger partial charge in [0.05, 0.1) is 6.10 Å². The molecule has 2 aromatic heterocycles. The number of nitrogens with zero attached hydrogens (tertiary/aromatic N) is 3. The average molecular weight is 375 g/mol. The number of unbranched alkanes of at least 4 members (excludes halogenated alkanes) is 3.